The van der Waals surface area contributed by atoms with Crippen molar-refractivity contribution >= 4 is 0 Å². The molecule has 0 bridgehead atoms. The maximum atomic E-state index is 10.1. The molecule has 106 valence electrons. The normalized spacial score (nSPS) is 10.8. The molecule has 0 saturated heterocycles. The van der Waals surface area contributed by atoms with Crippen molar-refractivity contribution in [1.82, 2.24) is 0 Å². The number of aromatic hydroxyl groups is 2. The SMILES string of the molecule is CCc1cc(CC)cc(-c2cc(CC)c(O)cc2O)c1. The van der Waals surface area contributed by atoms with Gasteiger partial charge in [-0.2, -0.15) is 0 Å². The number of phenolic OH excluding ortho intramolecular Hbond substituents is 2. The summed E-state index contributed by atoms with van der Waals surface area (Å²) in [5.41, 5.74) is 5.21. The lowest BCUT2D eigenvalue weighted by Crippen LogP contribution is -1.91. The van der Waals surface area contributed by atoms with Crippen molar-refractivity contribution in [3.05, 3.63) is 47.0 Å². The Balaban J connectivity index is 2.61. The molecule has 2 nitrogen and oxygen atoms in total. The predicted molar refractivity (Wildman–Crippen MR) is 83.3 cm³/mol. The fourth-order valence-electron chi connectivity index (χ4n) is 2.46. The summed E-state index contributed by atoms with van der Waals surface area (Å²) >= 11 is 0. The molecule has 0 radical (unpaired) electrons. The van der Waals surface area contributed by atoms with Crippen LogP contribution in [0.25, 0.3) is 11.1 Å². The van der Waals surface area contributed by atoms with Crippen molar-refractivity contribution in [3.8, 4) is 22.6 Å². The third kappa shape index (κ3) is 2.79. The van der Waals surface area contributed by atoms with E-state index in [1.165, 1.54) is 17.2 Å². The molecule has 2 N–H and O–H groups in total. The van der Waals surface area contributed by atoms with Gasteiger partial charge in [0.2, 0.25) is 0 Å². The number of hydrogen-bond acceptors (Lipinski definition) is 2. The first-order chi connectivity index (χ1) is 9.58. The fraction of sp³-hybridized carbons (Fsp3) is 0.333. The predicted octanol–water partition coefficient (Wildman–Crippen LogP) is 4.45. The summed E-state index contributed by atoms with van der Waals surface area (Å²) in [5.74, 6) is 0.297. The highest BCUT2D eigenvalue weighted by atomic mass is 16.3. The van der Waals surface area contributed by atoms with Crippen molar-refractivity contribution in [2.75, 3.05) is 0 Å². The first-order valence-corrected chi connectivity index (χ1v) is 7.27. The topological polar surface area (TPSA) is 40.5 Å². The molecule has 0 aliphatic heterocycles. The second kappa shape index (κ2) is 6.00. The monoisotopic (exact) mass is 270 g/mol. The molecular weight excluding hydrogens is 248 g/mol. The molecule has 0 unspecified atom stereocenters. The molecule has 2 aromatic rings. The maximum Gasteiger partial charge on any atom is 0.127 e. The third-order valence-electron chi connectivity index (χ3n) is 3.76. The van der Waals surface area contributed by atoms with Gasteiger partial charge in [-0.1, -0.05) is 39.0 Å². The van der Waals surface area contributed by atoms with Gasteiger partial charge < -0.3 is 10.2 Å². The standard InChI is InChI=1S/C18H22O2/c1-4-12-7-13(5-2)9-15(8-12)16-10-14(6-3)17(19)11-18(16)20/h7-11,19-20H,4-6H2,1-3H3. The Morgan fingerprint density at radius 1 is 0.700 bits per heavy atom. The highest BCUT2D eigenvalue weighted by molar-refractivity contribution is 5.73. The average molecular weight is 270 g/mol. The van der Waals surface area contributed by atoms with Gasteiger partial charge in [-0.3, -0.25) is 0 Å². The van der Waals surface area contributed by atoms with E-state index in [0.717, 1.165) is 36.0 Å². The van der Waals surface area contributed by atoms with Gasteiger partial charge in [-0.25, -0.2) is 0 Å². The summed E-state index contributed by atoms with van der Waals surface area (Å²) in [6, 6.07) is 9.77. The minimum absolute atomic E-state index is 0.134. The zero-order valence-electron chi connectivity index (χ0n) is 12.4. The first-order valence-electron chi connectivity index (χ1n) is 7.27. The second-order valence-electron chi connectivity index (χ2n) is 5.10. The number of rotatable bonds is 4. The van der Waals surface area contributed by atoms with Crippen molar-refractivity contribution in [3.63, 3.8) is 0 Å². The number of benzene rings is 2. The van der Waals surface area contributed by atoms with E-state index in [0.29, 0.717) is 0 Å². The van der Waals surface area contributed by atoms with Gasteiger partial charge in [0.15, 0.2) is 0 Å². The zero-order valence-corrected chi connectivity index (χ0v) is 12.4. The Labute approximate surface area is 120 Å². The van der Waals surface area contributed by atoms with E-state index in [1.54, 1.807) is 0 Å². The van der Waals surface area contributed by atoms with Crippen LogP contribution in [0.15, 0.2) is 30.3 Å². The fourth-order valence-corrected chi connectivity index (χ4v) is 2.46. The van der Waals surface area contributed by atoms with Crippen LogP contribution in [0.2, 0.25) is 0 Å². The summed E-state index contributed by atoms with van der Waals surface area (Å²) in [7, 11) is 0. The lowest BCUT2D eigenvalue weighted by Gasteiger charge is -2.12. The summed E-state index contributed by atoms with van der Waals surface area (Å²) in [6.07, 6.45) is 2.69. The highest BCUT2D eigenvalue weighted by Crippen LogP contribution is 2.36. The first kappa shape index (κ1) is 14.4. The maximum absolute atomic E-state index is 10.1. The number of aryl methyl sites for hydroxylation is 3. The van der Waals surface area contributed by atoms with E-state index in [4.69, 9.17) is 0 Å². The van der Waals surface area contributed by atoms with Crippen molar-refractivity contribution in [2.45, 2.75) is 40.0 Å². The highest BCUT2D eigenvalue weighted by Gasteiger charge is 2.11. The molecule has 0 spiro atoms. The van der Waals surface area contributed by atoms with Gasteiger partial charge in [-0.15, -0.1) is 0 Å². The van der Waals surface area contributed by atoms with E-state index >= 15 is 0 Å². The molecule has 2 heteroatoms. The number of hydrogen-bond donors (Lipinski definition) is 2. The van der Waals surface area contributed by atoms with Gasteiger partial charge in [0, 0.05) is 11.6 Å². The minimum Gasteiger partial charge on any atom is -0.508 e. The zero-order chi connectivity index (χ0) is 14.7. The molecule has 0 saturated carbocycles. The van der Waals surface area contributed by atoms with E-state index in [-0.39, 0.29) is 11.5 Å². The molecule has 0 aromatic heterocycles. The summed E-state index contributed by atoms with van der Waals surface area (Å²) < 4.78 is 0. The van der Waals surface area contributed by atoms with Crippen molar-refractivity contribution in [2.24, 2.45) is 0 Å². The molecule has 2 rings (SSSR count). The lowest BCUT2D eigenvalue weighted by atomic mass is 9.95. The van der Waals surface area contributed by atoms with Crippen LogP contribution in [-0.4, -0.2) is 10.2 Å². The molecule has 0 aliphatic rings. The quantitative estimate of drug-likeness (QED) is 0.861. The number of phenols is 2. The molecule has 0 aliphatic carbocycles. The Hall–Kier alpha value is -1.96. The van der Waals surface area contributed by atoms with Crippen LogP contribution in [-0.2, 0) is 19.3 Å². The second-order valence-corrected chi connectivity index (χ2v) is 5.10. The van der Waals surface area contributed by atoms with Crippen LogP contribution >= 0.6 is 0 Å². The Morgan fingerprint density at radius 3 is 1.80 bits per heavy atom. The van der Waals surface area contributed by atoms with Gasteiger partial charge in [-0.05, 0) is 47.6 Å². The van der Waals surface area contributed by atoms with Crippen LogP contribution in [0.4, 0.5) is 0 Å². The van der Waals surface area contributed by atoms with Gasteiger partial charge in [0.1, 0.15) is 11.5 Å². The molecule has 0 amide bonds. The third-order valence-corrected chi connectivity index (χ3v) is 3.76. The van der Waals surface area contributed by atoms with Crippen LogP contribution < -0.4 is 0 Å². The summed E-state index contributed by atoms with van der Waals surface area (Å²) in [4.78, 5) is 0. The summed E-state index contributed by atoms with van der Waals surface area (Å²) in [6.45, 7) is 6.26. The molecule has 2 aromatic carbocycles. The molecule has 0 atom stereocenters. The summed E-state index contributed by atoms with van der Waals surface area (Å²) in [5, 5.41) is 19.9. The van der Waals surface area contributed by atoms with Crippen LogP contribution in [0.3, 0.4) is 0 Å². The van der Waals surface area contributed by atoms with Gasteiger partial charge >= 0.3 is 0 Å². The van der Waals surface area contributed by atoms with Gasteiger partial charge in [0.25, 0.3) is 0 Å². The molecule has 0 heterocycles. The average Bonchev–Trinajstić information content (AvgIpc) is 2.46. The van der Waals surface area contributed by atoms with Crippen LogP contribution in [0.5, 0.6) is 11.5 Å². The largest absolute Gasteiger partial charge is 0.508 e. The smallest absolute Gasteiger partial charge is 0.127 e. The Kier molecular flexibility index (Phi) is 4.33. The van der Waals surface area contributed by atoms with Gasteiger partial charge in [0.05, 0.1) is 0 Å². The van der Waals surface area contributed by atoms with E-state index in [9.17, 15) is 10.2 Å². The molecule has 20 heavy (non-hydrogen) atoms. The minimum atomic E-state index is 0.134. The Bertz CT molecular complexity index is 593. The van der Waals surface area contributed by atoms with Crippen LogP contribution in [0.1, 0.15) is 37.5 Å². The molecule has 0 fully saturated rings. The van der Waals surface area contributed by atoms with E-state index < -0.39 is 0 Å². The van der Waals surface area contributed by atoms with E-state index in [1.807, 2.05) is 13.0 Å². The van der Waals surface area contributed by atoms with E-state index in [2.05, 4.69) is 32.0 Å². The molecular formula is C18H22O2. The van der Waals surface area contributed by atoms with Crippen molar-refractivity contribution < 1.29 is 10.2 Å². The van der Waals surface area contributed by atoms with Crippen molar-refractivity contribution in [1.29, 1.82) is 0 Å². The van der Waals surface area contributed by atoms with Crippen LogP contribution in [0, 0.1) is 0 Å². The Morgan fingerprint density at radius 2 is 1.30 bits per heavy atom. The lowest BCUT2D eigenvalue weighted by molar-refractivity contribution is 0.447.